The van der Waals surface area contributed by atoms with Gasteiger partial charge in [-0.25, -0.2) is 4.98 Å². The van der Waals surface area contributed by atoms with Gasteiger partial charge in [0.2, 0.25) is 5.91 Å². The quantitative estimate of drug-likeness (QED) is 0.453. The number of halogens is 1. The molecule has 0 spiro atoms. The standard InChI is InChI=1S/C21H17ClN2O2S/c1-2-13-3-6-16(7-4-13)23-20(25)11-21-24-17(12-27-21)19-10-14-9-15(22)5-8-18(14)26-19/h3-10,12H,2,11H2,1H3,(H,23,25). The average Bonchev–Trinajstić information content (AvgIpc) is 3.28. The van der Waals surface area contributed by atoms with Gasteiger partial charge >= 0.3 is 0 Å². The Morgan fingerprint density at radius 2 is 2.00 bits per heavy atom. The minimum absolute atomic E-state index is 0.0865. The molecule has 0 aliphatic rings. The largest absolute Gasteiger partial charge is 0.454 e. The summed E-state index contributed by atoms with van der Waals surface area (Å²) in [7, 11) is 0. The molecular formula is C21H17ClN2O2S. The molecule has 2 aromatic carbocycles. The number of nitrogens with one attached hydrogen (secondary N) is 1. The Bertz CT molecular complexity index is 1100. The molecule has 0 aliphatic heterocycles. The number of amides is 1. The van der Waals surface area contributed by atoms with Gasteiger partial charge in [0.25, 0.3) is 0 Å². The average molecular weight is 397 g/mol. The number of carbonyl (C=O) groups excluding carboxylic acids is 1. The number of fused-ring (bicyclic) bond motifs is 1. The molecule has 4 nitrogen and oxygen atoms in total. The van der Waals surface area contributed by atoms with Crippen LogP contribution >= 0.6 is 22.9 Å². The van der Waals surface area contributed by atoms with Crippen molar-refractivity contribution in [3.05, 3.63) is 69.5 Å². The fraction of sp³-hybridized carbons (Fsp3) is 0.143. The van der Waals surface area contributed by atoms with E-state index < -0.39 is 0 Å². The third kappa shape index (κ3) is 4.04. The summed E-state index contributed by atoms with van der Waals surface area (Å²) in [5.41, 5.74) is 3.52. The van der Waals surface area contributed by atoms with Crippen LogP contribution in [0.2, 0.25) is 5.02 Å². The molecule has 4 rings (SSSR count). The van der Waals surface area contributed by atoms with Gasteiger partial charge < -0.3 is 9.73 Å². The highest BCUT2D eigenvalue weighted by Crippen LogP contribution is 2.30. The number of anilines is 1. The molecular weight excluding hydrogens is 380 g/mol. The van der Waals surface area contributed by atoms with E-state index in [0.717, 1.165) is 33.8 Å². The van der Waals surface area contributed by atoms with Gasteiger partial charge in [0, 0.05) is 21.5 Å². The molecule has 1 amide bonds. The molecule has 0 radical (unpaired) electrons. The summed E-state index contributed by atoms with van der Waals surface area (Å²) in [5.74, 6) is 0.585. The number of rotatable bonds is 5. The first kappa shape index (κ1) is 17.8. The van der Waals surface area contributed by atoms with Crippen molar-refractivity contribution in [3.8, 4) is 11.5 Å². The van der Waals surface area contributed by atoms with Gasteiger partial charge in [-0.05, 0) is 48.4 Å². The summed E-state index contributed by atoms with van der Waals surface area (Å²) < 4.78 is 5.83. The fourth-order valence-corrected chi connectivity index (χ4v) is 3.77. The highest BCUT2D eigenvalue weighted by Gasteiger charge is 2.13. The van der Waals surface area contributed by atoms with Crippen molar-refractivity contribution < 1.29 is 9.21 Å². The van der Waals surface area contributed by atoms with Crippen LogP contribution < -0.4 is 5.32 Å². The lowest BCUT2D eigenvalue weighted by Crippen LogP contribution is -2.14. The van der Waals surface area contributed by atoms with E-state index in [1.54, 1.807) is 6.07 Å². The third-order valence-corrected chi connectivity index (χ3v) is 5.32. The molecule has 0 unspecified atom stereocenters. The topological polar surface area (TPSA) is 55.1 Å². The number of thiazole rings is 1. The van der Waals surface area contributed by atoms with Gasteiger partial charge in [0.05, 0.1) is 6.42 Å². The van der Waals surface area contributed by atoms with E-state index in [2.05, 4.69) is 17.2 Å². The summed E-state index contributed by atoms with van der Waals surface area (Å²) in [4.78, 5) is 16.8. The number of aromatic nitrogens is 1. The number of aryl methyl sites for hydroxylation is 1. The van der Waals surface area contributed by atoms with E-state index in [9.17, 15) is 4.79 Å². The first-order valence-corrected chi connectivity index (χ1v) is 9.89. The fourth-order valence-electron chi connectivity index (χ4n) is 2.81. The van der Waals surface area contributed by atoms with Crippen LogP contribution in [0.1, 0.15) is 17.5 Å². The lowest BCUT2D eigenvalue weighted by molar-refractivity contribution is -0.115. The maximum atomic E-state index is 12.3. The summed E-state index contributed by atoms with van der Waals surface area (Å²) in [6.07, 6.45) is 1.20. The number of nitrogens with zero attached hydrogens (tertiary/aromatic N) is 1. The van der Waals surface area contributed by atoms with Gasteiger partial charge in [-0.15, -0.1) is 11.3 Å². The smallest absolute Gasteiger partial charge is 0.231 e. The van der Waals surface area contributed by atoms with Crippen LogP contribution in [0.15, 0.2) is 58.3 Å². The van der Waals surface area contributed by atoms with E-state index in [0.29, 0.717) is 10.8 Å². The SMILES string of the molecule is CCc1ccc(NC(=O)Cc2nc(-c3cc4cc(Cl)ccc4o3)cs2)cc1. The summed E-state index contributed by atoms with van der Waals surface area (Å²) >= 11 is 7.46. The number of furan rings is 1. The minimum Gasteiger partial charge on any atom is -0.454 e. The number of hydrogen-bond acceptors (Lipinski definition) is 4. The lowest BCUT2D eigenvalue weighted by Gasteiger charge is -2.04. The van der Waals surface area contributed by atoms with Crippen LogP contribution in [0.25, 0.3) is 22.4 Å². The highest BCUT2D eigenvalue weighted by molar-refractivity contribution is 7.10. The van der Waals surface area contributed by atoms with Gasteiger partial charge in [-0.2, -0.15) is 0 Å². The Morgan fingerprint density at radius 1 is 1.19 bits per heavy atom. The van der Waals surface area contributed by atoms with Crippen LogP contribution in [0, 0.1) is 0 Å². The number of benzene rings is 2. The molecule has 2 heterocycles. The second kappa shape index (κ2) is 7.55. The van der Waals surface area contributed by atoms with Gasteiger partial charge in [0.1, 0.15) is 16.3 Å². The monoisotopic (exact) mass is 396 g/mol. The van der Waals surface area contributed by atoms with Crippen molar-refractivity contribution in [2.24, 2.45) is 0 Å². The molecule has 0 bridgehead atoms. The second-order valence-electron chi connectivity index (χ2n) is 6.19. The van der Waals surface area contributed by atoms with E-state index in [-0.39, 0.29) is 12.3 Å². The predicted octanol–water partition coefficient (Wildman–Crippen LogP) is 5.95. The second-order valence-corrected chi connectivity index (χ2v) is 7.57. The molecule has 1 N–H and O–H groups in total. The van der Waals surface area contributed by atoms with Crippen molar-refractivity contribution in [1.29, 1.82) is 0 Å². The third-order valence-electron chi connectivity index (χ3n) is 4.24. The van der Waals surface area contributed by atoms with Crippen LogP contribution in [0.5, 0.6) is 0 Å². The molecule has 136 valence electrons. The molecule has 0 saturated heterocycles. The first-order valence-electron chi connectivity index (χ1n) is 8.63. The number of hydrogen-bond donors (Lipinski definition) is 1. The Balaban J connectivity index is 1.45. The van der Waals surface area contributed by atoms with E-state index >= 15 is 0 Å². The van der Waals surface area contributed by atoms with Crippen LogP contribution in [-0.2, 0) is 17.6 Å². The van der Waals surface area contributed by atoms with E-state index in [4.69, 9.17) is 16.0 Å². The summed E-state index contributed by atoms with van der Waals surface area (Å²) in [5, 5.41) is 7.15. The van der Waals surface area contributed by atoms with Crippen molar-refractivity contribution in [1.82, 2.24) is 4.98 Å². The zero-order valence-electron chi connectivity index (χ0n) is 14.7. The Morgan fingerprint density at radius 3 is 2.78 bits per heavy atom. The predicted molar refractivity (Wildman–Crippen MR) is 110 cm³/mol. The van der Waals surface area contributed by atoms with Crippen LogP contribution in [0.3, 0.4) is 0 Å². The Kier molecular flexibility index (Phi) is 4.97. The number of carbonyl (C=O) groups is 1. The maximum absolute atomic E-state index is 12.3. The van der Waals surface area contributed by atoms with Crippen molar-refractivity contribution in [3.63, 3.8) is 0 Å². The van der Waals surface area contributed by atoms with Crippen molar-refractivity contribution >= 4 is 45.5 Å². The van der Waals surface area contributed by atoms with Gasteiger partial charge in [-0.3, -0.25) is 4.79 Å². The normalized spacial score (nSPS) is 11.0. The molecule has 6 heteroatoms. The van der Waals surface area contributed by atoms with Gasteiger partial charge in [-0.1, -0.05) is 30.7 Å². The minimum atomic E-state index is -0.0865. The van der Waals surface area contributed by atoms with Gasteiger partial charge in [0.15, 0.2) is 5.76 Å². The zero-order chi connectivity index (χ0) is 18.8. The van der Waals surface area contributed by atoms with E-state index in [1.807, 2.05) is 47.8 Å². The summed E-state index contributed by atoms with van der Waals surface area (Å²) in [6, 6.07) is 15.3. The van der Waals surface area contributed by atoms with Crippen LogP contribution in [0.4, 0.5) is 5.69 Å². The lowest BCUT2D eigenvalue weighted by atomic mass is 10.1. The zero-order valence-corrected chi connectivity index (χ0v) is 16.2. The molecule has 4 aromatic rings. The van der Waals surface area contributed by atoms with Crippen LogP contribution in [-0.4, -0.2) is 10.9 Å². The molecule has 0 fully saturated rings. The maximum Gasteiger partial charge on any atom is 0.231 e. The first-order chi connectivity index (χ1) is 13.1. The molecule has 0 aliphatic carbocycles. The molecule has 27 heavy (non-hydrogen) atoms. The van der Waals surface area contributed by atoms with Crippen molar-refractivity contribution in [2.75, 3.05) is 5.32 Å². The van der Waals surface area contributed by atoms with Crippen molar-refractivity contribution in [2.45, 2.75) is 19.8 Å². The molecule has 0 atom stereocenters. The molecule has 2 aromatic heterocycles. The molecule has 0 saturated carbocycles. The Labute approximate surface area is 165 Å². The summed E-state index contributed by atoms with van der Waals surface area (Å²) in [6.45, 7) is 2.10. The van der Waals surface area contributed by atoms with E-state index in [1.165, 1.54) is 16.9 Å². The highest BCUT2D eigenvalue weighted by atomic mass is 35.5. The Hall–Kier alpha value is -2.63.